The van der Waals surface area contributed by atoms with E-state index in [1.54, 1.807) is 5.56 Å². The number of hydrogen-bond acceptors (Lipinski definition) is 0. The third-order valence-electron chi connectivity index (χ3n) is 4.39. The fourth-order valence-corrected chi connectivity index (χ4v) is 2.98. The Bertz CT molecular complexity index is 358. The molecule has 0 radical (unpaired) electrons. The predicted octanol–water partition coefficient (Wildman–Crippen LogP) is 5.02. The molecular formula is C16H24. The topological polar surface area (TPSA) is 0 Å². The molecular weight excluding hydrogens is 192 g/mol. The summed E-state index contributed by atoms with van der Waals surface area (Å²) in [5.41, 5.74) is 4.66. The van der Waals surface area contributed by atoms with Crippen molar-refractivity contribution in [2.24, 2.45) is 5.92 Å². The Morgan fingerprint density at radius 1 is 1.06 bits per heavy atom. The molecule has 0 nitrogen and oxygen atoms in total. The van der Waals surface area contributed by atoms with Crippen LogP contribution in [0, 0.1) is 12.8 Å². The van der Waals surface area contributed by atoms with E-state index in [4.69, 9.17) is 0 Å². The maximum absolute atomic E-state index is 2.41. The van der Waals surface area contributed by atoms with Gasteiger partial charge in [-0.05, 0) is 54.2 Å². The van der Waals surface area contributed by atoms with Gasteiger partial charge in [0.1, 0.15) is 0 Å². The van der Waals surface area contributed by atoms with Crippen LogP contribution in [-0.4, -0.2) is 0 Å². The summed E-state index contributed by atoms with van der Waals surface area (Å²) in [4.78, 5) is 0. The Hall–Kier alpha value is -0.780. The van der Waals surface area contributed by atoms with Gasteiger partial charge in [0.25, 0.3) is 0 Å². The Morgan fingerprint density at radius 3 is 2.19 bits per heavy atom. The minimum Gasteiger partial charge on any atom is -0.0617 e. The standard InChI is InChI=1S/C16H24/c1-11(2)15-9-6-10-16(13(15)4)12(3)14-7-5-8-14/h6,9-12,14H,5,7-8H2,1-4H3/t12-/m0/s1. The monoisotopic (exact) mass is 216 g/mol. The van der Waals surface area contributed by atoms with E-state index in [-0.39, 0.29) is 0 Å². The first kappa shape index (κ1) is 11.7. The van der Waals surface area contributed by atoms with Crippen molar-refractivity contribution in [3.8, 4) is 0 Å². The fourth-order valence-electron chi connectivity index (χ4n) is 2.98. The second-order valence-electron chi connectivity index (χ2n) is 5.70. The van der Waals surface area contributed by atoms with Crippen molar-refractivity contribution >= 4 is 0 Å². The third kappa shape index (κ3) is 2.03. The molecule has 1 aliphatic rings. The van der Waals surface area contributed by atoms with Gasteiger partial charge < -0.3 is 0 Å². The van der Waals surface area contributed by atoms with Gasteiger partial charge in [-0.25, -0.2) is 0 Å². The highest BCUT2D eigenvalue weighted by Crippen LogP contribution is 2.40. The molecule has 0 bridgehead atoms. The van der Waals surface area contributed by atoms with Gasteiger partial charge in [0.15, 0.2) is 0 Å². The van der Waals surface area contributed by atoms with Crippen molar-refractivity contribution in [1.29, 1.82) is 0 Å². The zero-order valence-electron chi connectivity index (χ0n) is 11.1. The van der Waals surface area contributed by atoms with Gasteiger partial charge in [0.2, 0.25) is 0 Å². The summed E-state index contributed by atoms with van der Waals surface area (Å²) in [6.07, 6.45) is 4.32. The largest absolute Gasteiger partial charge is 0.0617 e. The van der Waals surface area contributed by atoms with Crippen molar-refractivity contribution in [2.75, 3.05) is 0 Å². The Balaban J connectivity index is 2.29. The number of rotatable bonds is 3. The third-order valence-corrected chi connectivity index (χ3v) is 4.39. The summed E-state index contributed by atoms with van der Waals surface area (Å²) < 4.78 is 0. The summed E-state index contributed by atoms with van der Waals surface area (Å²) in [6.45, 7) is 9.30. The van der Waals surface area contributed by atoms with Crippen LogP contribution in [0.4, 0.5) is 0 Å². The van der Waals surface area contributed by atoms with E-state index in [0.29, 0.717) is 5.92 Å². The highest BCUT2D eigenvalue weighted by molar-refractivity contribution is 5.38. The molecule has 0 N–H and O–H groups in total. The normalized spacial score (nSPS) is 18.6. The second kappa shape index (κ2) is 4.61. The summed E-state index contributed by atoms with van der Waals surface area (Å²) in [6, 6.07) is 6.87. The average molecular weight is 216 g/mol. The van der Waals surface area contributed by atoms with E-state index in [1.807, 2.05) is 0 Å². The number of hydrogen-bond donors (Lipinski definition) is 0. The van der Waals surface area contributed by atoms with Gasteiger partial charge in [-0.15, -0.1) is 0 Å². The molecule has 0 unspecified atom stereocenters. The molecule has 0 heterocycles. The van der Waals surface area contributed by atoms with Crippen molar-refractivity contribution in [1.82, 2.24) is 0 Å². The molecule has 0 aliphatic heterocycles. The van der Waals surface area contributed by atoms with Crippen LogP contribution in [0.5, 0.6) is 0 Å². The molecule has 2 rings (SSSR count). The lowest BCUT2D eigenvalue weighted by Crippen LogP contribution is -2.19. The van der Waals surface area contributed by atoms with Crippen LogP contribution < -0.4 is 0 Å². The molecule has 1 fully saturated rings. The van der Waals surface area contributed by atoms with Crippen LogP contribution in [0.1, 0.15) is 68.6 Å². The molecule has 16 heavy (non-hydrogen) atoms. The lowest BCUT2D eigenvalue weighted by Gasteiger charge is -2.33. The summed E-state index contributed by atoms with van der Waals surface area (Å²) >= 11 is 0. The van der Waals surface area contributed by atoms with Gasteiger partial charge in [-0.1, -0.05) is 45.4 Å². The van der Waals surface area contributed by atoms with Crippen LogP contribution in [0.25, 0.3) is 0 Å². The molecule has 0 heteroatoms. The van der Waals surface area contributed by atoms with Crippen molar-refractivity contribution < 1.29 is 0 Å². The van der Waals surface area contributed by atoms with Crippen LogP contribution in [-0.2, 0) is 0 Å². The van der Waals surface area contributed by atoms with Gasteiger partial charge >= 0.3 is 0 Å². The van der Waals surface area contributed by atoms with E-state index in [2.05, 4.69) is 45.9 Å². The zero-order chi connectivity index (χ0) is 11.7. The molecule has 0 spiro atoms. The SMILES string of the molecule is Cc1c(C(C)C)cccc1[C@@H](C)C1CCC1. The second-order valence-corrected chi connectivity index (χ2v) is 5.70. The maximum Gasteiger partial charge on any atom is -0.0159 e. The van der Waals surface area contributed by atoms with E-state index >= 15 is 0 Å². The van der Waals surface area contributed by atoms with E-state index in [0.717, 1.165) is 11.8 Å². The zero-order valence-corrected chi connectivity index (χ0v) is 11.1. The summed E-state index contributed by atoms with van der Waals surface area (Å²) in [7, 11) is 0. The molecule has 88 valence electrons. The number of benzene rings is 1. The van der Waals surface area contributed by atoms with E-state index in [9.17, 15) is 0 Å². The van der Waals surface area contributed by atoms with Crippen LogP contribution in [0.3, 0.4) is 0 Å². The lowest BCUT2D eigenvalue weighted by molar-refractivity contribution is 0.271. The van der Waals surface area contributed by atoms with E-state index < -0.39 is 0 Å². The molecule has 1 atom stereocenters. The first-order chi connectivity index (χ1) is 7.61. The Kier molecular flexibility index (Phi) is 3.37. The first-order valence-corrected chi connectivity index (χ1v) is 6.70. The summed E-state index contributed by atoms with van der Waals surface area (Å²) in [5, 5.41) is 0. The highest BCUT2D eigenvalue weighted by Gasteiger charge is 2.26. The van der Waals surface area contributed by atoms with E-state index in [1.165, 1.54) is 30.4 Å². The van der Waals surface area contributed by atoms with Crippen LogP contribution in [0.15, 0.2) is 18.2 Å². The first-order valence-electron chi connectivity index (χ1n) is 6.70. The van der Waals surface area contributed by atoms with Crippen LogP contribution in [0.2, 0.25) is 0 Å². The molecule has 0 saturated heterocycles. The van der Waals surface area contributed by atoms with Gasteiger partial charge in [0, 0.05) is 0 Å². The molecule has 0 aromatic heterocycles. The molecule has 1 saturated carbocycles. The minimum absolute atomic E-state index is 0.647. The molecule has 1 aliphatic carbocycles. The molecule has 1 aromatic rings. The van der Waals surface area contributed by atoms with Gasteiger partial charge in [0.05, 0.1) is 0 Å². The molecule has 1 aromatic carbocycles. The lowest BCUT2D eigenvalue weighted by atomic mass is 9.72. The van der Waals surface area contributed by atoms with Crippen molar-refractivity contribution in [2.45, 2.75) is 58.8 Å². The van der Waals surface area contributed by atoms with Crippen LogP contribution >= 0.6 is 0 Å². The van der Waals surface area contributed by atoms with Crippen molar-refractivity contribution in [3.05, 3.63) is 34.9 Å². The van der Waals surface area contributed by atoms with Crippen molar-refractivity contribution in [3.63, 3.8) is 0 Å². The van der Waals surface area contributed by atoms with Gasteiger partial charge in [-0.3, -0.25) is 0 Å². The summed E-state index contributed by atoms with van der Waals surface area (Å²) in [5.74, 6) is 2.35. The minimum atomic E-state index is 0.647. The predicted molar refractivity (Wildman–Crippen MR) is 71.0 cm³/mol. The maximum atomic E-state index is 2.41. The van der Waals surface area contributed by atoms with Gasteiger partial charge in [-0.2, -0.15) is 0 Å². The smallest absolute Gasteiger partial charge is 0.0159 e. The fraction of sp³-hybridized carbons (Fsp3) is 0.625. The average Bonchev–Trinajstić information content (AvgIpc) is 2.14. The Labute approximate surface area is 100 Å². The highest BCUT2D eigenvalue weighted by atomic mass is 14.3. The molecule has 0 amide bonds. The quantitative estimate of drug-likeness (QED) is 0.665. The Morgan fingerprint density at radius 2 is 1.69 bits per heavy atom.